The molecule has 2 rings (SSSR count). The lowest BCUT2D eigenvalue weighted by atomic mass is 10.0. The molecule has 0 bridgehead atoms. The molecule has 0 aromatic carbocycles. The van der Waals surface area contributed by atoms with Gasteiger partial charge in [0.15, 0.2) is 5.82 Å². The fraction of sp³-hybridized carbons (Fsp3) is 0.733. The highest BCUT2D eigenvalue weighted by molar-refractivity contribution is 5.29. The summed E-state index contributed by atoms with van der Waals surface area (Å²) < 4.78 is 5.76. The van der Waals surface area contributed by atoms with Crippen molar-refractivity contribution in [1.29, 1.82) is 0 Å². The molecule has 1 aromatic heterocycles. The van der Waals surface area contributed by atoms with Gasteiger partial charge in [-0.25, -0.2) is 9.97 Å². The zero-order valence-corrected chi connectivity index (χ0v) is 12.3. The largest absolute Gasteiger partial charge is 0.371 e. The minimum atomic E-state index is 0.0350. The number of fused-ring (bicyclic) bond motifs is 1. The van der Waals surface area contributed by atoms with E-state index in [0.29, 0.717) is 6.61 Å². The number of aryl methyl sites for hydroxylation is 1. The van der Waals surface area contributed by atoms with E-state index in [4.69, 9.17) is 14.7 Å². The van der Waals surface area contributed by atoms with Gasteiger partial charge in [0.05, 0.1) is 5.69 Å². The van der Waals surface area contributed by atoms with Gasteiger partial charge >= 0.3 is 0 Å². The van der Waals surface area contributed by atoms with Crippen LogP contribution in [0.25, 0.3) is 0 Å². The third-order valence-electron chi connectivity index (χ3n) is 3.55. The molecule has 4 heteroatoms. The third kappa shape index (κ3) is 3.31. The Hall–Kier alpha value is -1.00. The van der Waals surface area contributed by atoms with Crippen LogP contribution in [-0.4, -0.2) is 23.1 Å². The van der Waals surface area contributed by atoms with Crippen LogP contribution in [0.3, 0.4) is 0 Å². The van der Waals surface area contributed by atoms with Crippen molar-refractivity contribution in [3.8, 4) is 0 Å². The van der Waals surface area contributed by atoms with E-state index in [9.17, 15) is 0 Å². The first kappa shape index (κ1) is 14.4. The molecule has 1 atom stereocenters. The van der Waals surface area contributed by atoms with Gasteiger partial charge in [0.2, 0.25) is 0 Å². The zero-order valence-electron chi connectivity index (χ0n) is 12.3. The fourth-order valence-electron chi connectivity index (χ4n) is 2.62. The van der Waals surface area contributed by atoms with E-state index in [0.717, 1.165) is 44.6 Å². The molecular formula is C15H25N3O. The van der Waals surface area contributed by atoms with Crippen LogP contribution in [0.15, 0.2) is 0 Å². The van der Waals surface area contributed by atoms with Crippen LogP contribution < -0.4 is 5.32 Å². The van der Waals surface area contributed by atoms with Crippen molar-refractivity contribution < 1.29 is 4.74 Å². The summed E-state index contributed by atoms with van der Waals surface area (Å²) in [5.41, 5.74) is 3.79. The summed E-state index contributed by atoms with van der Waals surface area (Å²) in [6.07, 6.45) is 4.18. The molecule has 1 unspecified atom stereocenters. The highest BCUT2D eigenvalue weighted by Crippen LogP contribution is 2.23. The number of ether oxygens (including phenoxy) is 1. The molecule has 0 saturated heterocycles. The summed E-state index contributed by atoms with van der Waals surface area (Å²) in [7, 11) is 0. The number of nitrogens with one attached hydrogen (secondary N) is 1. The van der Waals surface area contributed by atoms with Crippen LogP contribution in [-0.2, 0) is 24.1 Å². The maximum atomic E-state index is 5.76. The molecule has 2 heterocycles. The molecular weight excluding hydrogens is 238 g/mol. The molecule has 1 N–H and O–H groups in total. The molecule has 0 saturated carbocycles. The lowest BCUT2D eigenvalue weighted by Gasteiger charge is -2.22. The van der Waals surface area contributed by atoms with Gasteiger partial charge in [-0.05, 0) is 38.3 Å². The summed E-state index contributed by atoms with van der Waals surface area (Å²) >= 11 is 0. The normalized spacial score (nSPS) is 16.2. The second-order valence-corrected chi connectivity index (χ2v) is 4.98. The monoisotopic (exact) mass is 263 g/mol. The van der Waals surface area contributed by atoms with Gasteiger partial charge in [-0.2, -0.15) is 0 Å². The maximum Gasteiger partial charge on any atom is 0.157 e. The van der Waals surface area contributed by atoms with Crippen LogP contribution in [0.5, 0.6) is 0 Å². The smallest absolute Gasteiger partial charge is 0.157 e. The first-order valence-corrected chi connectivity index (χ1v) is 7.50. The Labute approximate surface area is 116 Å². The van der Waals surface area contributed by atoms with Crippen molar-refractivity contribution in [2.75, 3.05) is 13.2 Å². The molecule has 4 nitrogen and oxygen atoms in total. The predicted molar refractivity (Wildman–Crippen MR) is 76.1 cm³/mol. The SMILES string of the molecule is CCCc1nc(C(CC)OCC)nc2c1CCNC2. The van der Waals surface area contributed by atoms with Crippen molar-refractivity contribution >= 4 is 0 Å². The van der Waals surface area contributed by atoms with Crippen LogP contribution in [0.1, 0.15) is 62.5 Å². The van der Waals surface area contributed by atoms with E-state index >= 15 is 0 Å². The summed E-state index contributed by atoms with van der Waals surface area (Å²) in [6, 6.07) is 0. The van der Waals surface area contributed by atoms with Crippen LogP contribution >= 0.6 is 0 Å². The Kier molecular flexibility index (Phi) is 5.28. The number of nitrogens with zero attached hydrogens (tertiary/aromatic N) is 2. The first-order chi connectivity index (χ1) is 9.30. The maximum absolute atomic E-state index is 5.76. The lowest BCUT2D eigenvalue weighted by Crippen LogP contribution is -2.27. The molecule has 106 valence electrons. The summed E-state index contributed by atoms with van der Waals surface area (Å²) in [4.78, 5) is 9.55. The molecule has 0 amide bonds. The average Bonchev–Trinajstić information content (AvgIpc) is 2.45. The topological polar surface area (TPSA) is 47.0 Å². The van der Waals surface area contributed by atoms with Gasteiger partial charge in [0.1, 0.15) is 6.10 Å². The minimum absolute atomic E-state index is 0.0350. The zero-order chi connectivity index (χ0) is 13.7. The highest BCUT2D eigenvalue weighted by atomic mass is 16.5. The Morgan fingerprint density at radius 3 is 2.79 bits per heavy atom. The number of aromatic nitrogens is 2. The Morgan fingerprint density at radius 1 is 1.26 bits per heavy atom. The molecule has 0 spiro atoms. The van der Waals surface area contributed by atoms with Gasteiger partial charge in [0, 0.05) is 18.8 Å². The molecule has 1 aliphatic rings. The molecule has 0 fully saturated rings. The Balaban J connectivity index is 2.36. The van der Waals surface area contributed by atoms with Crippen LogP contribution in [0, 0.1) is 0 Å². The van der Waals surface area contributed by atoms with E-state index in [2.05, 4.69) is 19.2 Å². The van der Waals surface area contributed by atoms with Gasteiger partial charge in [-0.1, -0.05) is 20.3 Å². The van der Waals surface area contributed by atoms with E-state index in [-0.39, 0.29) is 6.10 Å². The van der Waals surface area contributed by atoms with Crippen molar-refractivity contribution in [2.45, 2.75) is 59.1 Å². The van der Waals surface area contributed by atoms with Crippen molar-refractivity contribution in [3.05, 3.63) is 22.8 Å². The quantitative estimate of drug-likeness (QED) is 0.857. The molecule has 0 radical (unpaired) electrons. The van der Waals surface area contributed by atoms with Crippen molar-refractivity contribution in [2.24, 2.45) is 0 Å². The van der Waals surface area contributed by atoms with Crippen LogP contribution in [0.4, 0.5) is 0 Å². The number of hydrogen-bond acceptors (Lipinski definition) is 4. The van der Waals surface area contributed by atoms with Gasteiger partial charge in [-0.3, -0.25) is 0 Å². The molecule has 19 heavy (non-hydrogen) atoms. The fourth-order valence-corrected chi connectivity index (χ4v) is 2.62. The standard InChI is InChI=1S/C15H25N3O/c1-4-7-12-11-8-9-16-10-13(11)18-15(17-12)14(5-2)19-6-3/h14,16H,4-10H2,1-3H3. The van der Waals surface area contributed by atoms with Crippen molar-refractivity contribution in [1.82, 2.24) is 15.3 Å². The van der Waals surface area contributed by atoms with E-state index in [1.807, 2.05) is 6.92 Å². The van der Waals surface area contributed by atoms with E-state index in [1.54, 1.807) is 0 Å². The lowest BCUT2D eigenvalue weighted by molar-refractivity contribution is 0.0530. The van der Waals surface area contributed by atoms with E-state index in [1.165, 1.54) is 17.0 Å². The highest BCUT2D eigenvalue weighted by Gasteiger charge is 2.20. The number of hydrogen-bond donors (Lipinski definition) is 1. The van der Waals surface area contributed by atoms with Crippen LogP contribution in [0.2, 0.25) is 0 Å². The minimum Gasteiger partial charge on any atom is -0.371 e. The second kappa shape index (κ2) is 6.96. The number of rotatable bonds is 6. The molecule has 1 aliphatic heterocycles. The second-order valence-electron chi connectivity index (χ2n) is 4.98. The molecule has 1 aromatic rings. The first-order valence-electron chi connectivity index (χ1n) is 7.50. The van der Waals surface area contributed by atoms with E-state index < -0.39 is 0 Å². The van der Waals surface area contributed by atoms with Crippen molar-refractivity contribution in [3.63, 3.8) is 0 Å². The van der Waals surface area contributed by atoms with Gasteiger partial charge < -0.3 is 10.1 Å². The molecule has 0 aliphatic carbocycles. The predicted octanol–water partition coefficient (Wildman–Crippen LogP) is 2.56. The van der Waals surface area contributed by atoms with Gasteiger partial charge in [0.25, 0.3) is 0 Å². The summed E-state index contributed by atoms with van der Waals surface area (Å²) in [5, 5.41) is 3.40. The summed E-state index contributed by atoms with van der Waals surface area (Å²) in [5.74, 6) is 0.871. The third-order valence-corrected chi connectivity index (χ3v) is 3.55. The summed E-state index contributed by atoms with van der Waals surface area (Å²) in [6.45, 7) is 8.96. The Bertz CT molecular complexity index is 420. The Morgan fingerprint density at radius 2 is 2.11 bits per heavy atom. The van der Waals surface area contributed by atoms with Gasteiger partial charge in [-0.15, -0.1) is 0 Å². The average molecular weight is 263 g/mol.